The van der Waals surface area contributed by atoms with Gasteiger partial charge in [0.25, 0.3) is 5.91 Å². The first-order chi connectivity index (χ1) is 19.2. The molecule has 1 saturated carbocycles. The van der Waals surface area contributed by atoms with E-state index >= 15 is 0 Å². The Morgan fingerprint density at radius 2 is 1.80 bits per heavy atom. The van der Waals surface area contributed by atoms with Gasteiger partial charge in [0.15, 0.2) is 5.01 Å². The van der Waals surface area contributed by atoms with Crippen LogP contribution in [0.2, 0.25) is 0 Å². The molecule has 1 saturated heterocycles. The van der Waals surface area contributed by atoms with E-state index in [1.54, 1.807) is 52.8 Å². The molecule has 9 nitrogen and oxygen atoms in total. The number of carbonyl (C=O) groups excluding carboxylic acids is 1. The van der Waals surface area contributed by atoms with Crippen molar-refractivity contribution in [2.45, 2.75) is 89.2 Å². The van der Waals surface area contributed by atoms with Gasteiger partial charge in [0.1, 0.15) is 0 Å². The van der Waals surface area contributed by atoms with Crippen LogP contribution in [0, 0.1) is 5.92 Å². The van der Waals surface area contributed by atoms with Gasteiger partial charge in [-0.3, -0.25) is 9.69 Å². The number of thiazole rings is 1. The number of nitrogens with zero attached hydrogens (tertiary/aromatic N) is 2. The number of ether oxygens (including phenoxy) is 1. The lowest BCUT2D eigenvalue weighted by Crippen LogP contribution is -2.41. The van der Waals surface area contributed by atoms with Gasteiger partial charge in [-0.15, -0.1) is 11.3 Å². The fraction of sp³-hybridized carbons (Fsp3) is 0.667. The van der Waals surface area contributed by atoms with Crippen molar-refractivity contribution in [3.05, 3.63) is 34.5 Å². The van der Waals surface area contributed by atoms with Crippen LogP contribution in [0.3, 0.4) is 0 Å². The topological polar surface area (TPSA) is 121 Å². The number of carbonyl (C=O) groups is 1. The largest absolute Gasteiger partial charge is 0.386 e. The molecule has 2 heterocycles. The molecule has 1 aromatic heterocycles. The summed E-state index contributed by atoms with van der Waals surface area (Å²) in [6.45, 7) is 13.0. The predicted octanol–water partition coefficient (Wildman–Crippen LogP) is 4.30. The molecule has 4 rings (SSSR count). The van der Waals surface area contributed by atoms with Gasteiger partial charge in [0.2, 0.25) is 10.0 Å². The molecule has 2 aromatic rings. The van der Waals surface area contributed by atoms with Crippen molar-refractivity contribution in [1.29, 1.82) is 0 Å². The standard InChI is InChI=1S/C30H46N4O5S2/c1-29(2,3)33-41(37,38)25-12-11-22(20-23(25)30(4,5)36)26-24(19-21-9-7-6-8-10-21)32-28(40-26)27(35)31-13-14-34-15-17-39-18-16-34/h11-12,20-21,33,36H,6-10,13-19H2,1-5H3,(H,31,35). The molecule has 1 aliphatic carbocycles. The van der Waals surface area contributed by atoms with Crippen molar-refractivity contribution in [2.75, 3.05) is 39.4 Å². The molecule has 0 radical (unpaired) electrons. The van der Waals surface area contributed by atoms with Gasteiger partial charge < -0.3 is 15.2 Å². The van der Waals surface area contributed by atoms with Crippen molar-refractivity contribution in [3.8, 4) is 10.4 Å². The van der Waals surface area contributed by atoms with Crippen LogP contribution in [0.5, 0.6) is 0 Å². The summed E-state index contributed by atoms with van der Waals surface area (Å²) in [5, 5.41) is 14.5. The second-order valence-corrected chi connectivity index (χ2v) is 15.5. The third kappa shape index (κ3) is 8.81. The normalized spacial score (nSPS) is 18.0. The Morgan fingerprint density at radius 3 is 2.44 bits per heavy atom. The van der Waals surface area contributed by atoms with Gasteiger partial charge in [-0.2, -0.15) is 0 Å². The van der Waals surface area contributed by atoms with Crippen molar-refractivity contribution in [1.82, 2.24) is 19.9 Å². The summed E-state index contributed by atoms with van der Waals surface area (Å²) >= 11 is 1.33. The molecule has 1 aliphatic heterocycles. The van der Waals surface area contributed by atoms with Crippen LogP contribution in [0.25, 0.3) is 10.4 Å². The highest BCUT2D eigenvalue weighted by molar-refractivity contribution is 7.89. The third-order valence-electron chi connectivity index (χ3n) is 7.55. The number of benzene rings is 1. The molecule has 0 atom stereocenters. The molecule has 0 unspecified atom stereocenters. The minimum Gasteiger partial charge on any atom is -0.386 e. The molecule has 2 aliphatic rings. The van der Waals surface area contributed by atoms with Gasteiger partial charge in [-0.1, -0.05) is 38.2 Å². The van der Waals surface area contributed by atoms with Gasteiger partial charge in [0.05, 0.1) is 34.3 Å². The van der Waals surface area contributed by atoms with E-state index in [-0.39, 0.29) is 10.8 Å². The minimum atomic E-state index is -3.89. The monoisotopic (exact) mass is 606 g/mol. The molecule has 2 fully saturated rings. The summed E-state index contributed by atoms with van der Waals surface area (Å²) in [5.74, 6) is 0.307. The van der Waals surface area contributed by atoms with Crippen molar-refractivity contribution >= 4 is 27.3 Å². The Labute approximate surface area is 249 Å². The fourth-order valence-corrected chi connectivity index (χ4v) is 8.31. The van der Waals surface area contributed by atoms with E-state index in [4.69, 9.17) is 9.72 Å². The SMILES string of the molecule is CC(C)(C)NS(=O)(=O)c1ccc(-c2sc(C(=O)NCCN3CCOCC3)nc2CC2CCCCC2)cc1C(C)(C)O. The zero-order chi connectivity index (χ0) is 29.8. The Balaban J connectivity index is 1.65. The number of sulfonamides is 1. The highest BCUT2D eigenvalue weighted by Crippen LogP contribution is 2.38. The smallest absolute Gasteiger partial charge is 0.280 e. The highest BCUT2D eigenvalue weighted by Gasteiger charge is 2.31. The van der Waals surface area contributed by atoms with Gasteiger partial charge >= 0.3 is 0 Å². The third-order valence-corrected chi connectivity index (χ3v) is 10.5. The van der Waals surface area contributed by atoms with Crippen LogP contribution >= 0.6 is 11.3 Å². The molecular formula is C30H46N4O5S2. The zero-order valence-electron chi connectivity index (χ0n) is 25.1. The number of aliphatic hydroxyl groups is 1. The van der Waals surface area contributed by atoms with Gasteiger partial charge in [-0.25, -0.2) is 18.1 Å². The van der Waals surface area contributed by atoms with Crippen LogP contribution in [0.15, 0.2) is 23.1 Å². The molecule has 1 aromatic carbocycles. The molecule has 41 heavy (non-hydrogen) atoms. The summed E-state index contributed by atoms with van der Waals surface area (Å²) in [5.41, 5.74) is -0.159. The average molecular weight is 607 g/mol. The Hall–Kier alpha value is -1.89. The van der Waals surface area contributed by atoms with Crippen molar-refractivity contribution < 1.29 is 23.1 Å². The predicted molar refractivity (Wildman–Crippen MR) is 163 cm³/mol. The lowest BCUT2D eigenvalue weighted by Gasteiger charge is -2.26. The van der Waals surface area contributed by atoms with E-state index in [0.29, 0.717) is 36.2 Å². The van der Waals surface area contributed by atoms with Crippen molar-refractivity contribution in [2.24, 2.45) is 5.92 Å². The maximum atomic E-state index is 13.3. The van der Waals surface area contributed by atoms with E-state index in [1.807, 2.05) is 0 Å². The maximum absolute atomic E-state index is 13.3. The Kier molecular flexibility index (Phi) is 10.3. The van der Waals surface area contributed by atoms with E-state index in [0.717, 1.165) is 55.0 Å². The number of rotatable bonds is 10. The molecule has 228 valence electrons. The van der Waals surface area contributed by atoms with E-state index < -0.39 is 21.2 Å². The average Bonchev–Trinajstić information content (AvgIpc) is 3.31. The lowest BCUT2D eigenvalue weighted by molar-refractivity contribution is 0.0383. The van der Waals surface area contributed by atoms with E-state index in [9.17, 15) is 18.3 Å². The molecule has 0 bridgehead atoms. The summed E-state index contributed by atoms with van der Waals surface area (Å²) in [6.07, 6.45) is 6.72. The highest BCUT2D eigenvalue weighted by atomic mass is 32.2. The van der Waals surface area contributed by atoms with Gasteiger partial charge in [-0.05, 0) is 64.7 Å². The molecule has 1 amide bonds. The van der Waals surface area contributed by atoms with Gasteiger partial charge in [0, 0.05) is 37.3 Å². The number of nitrogens with one attached hydrogen (secondary N) is 2. The van der Waals surface area contributed by atoms with Crippen LogP contribution in [0.1, 0.15) is 87.8 Å². The molecule has 0 spiro atoms. The number of hydrogen-bond acceptors (Lipinski definition) is 8. The summed E-state index contributed by atoms with van der Waals surface area (Å²) < 4.78 is 34.7. The van der Waals surface area contributed by atoms with Crippen LogP contribution in [-0.4, -0.2) is 74.2 Å². The Bertz CT molecular complexity index is 1300. The number of hydrogen-bond donors (Lipinski definition) is 3. The molecule has 11 heteroatoms. The van der Waals surface area contributed by atoms with Crippen molar-refractivity contribution in [3.63, 3.8) is 0 Å². The first-order valence-electron chi connectivity index (χ1n) is 14.7. The van der Waals surface area contributed by atoms with Crippen LogP contribution < -0.4 is 10.0 Å². The van der Waals surface area contributed by atoms with Crippen LogP contribution in [-0.2, 0) is 26.8 Å². The molecular weight excluding hydrogens is 560 g/mol. The van der Waals surface area contributed by atoms with E-state index in [1.165, 1.54) is 30.6 Å². The zero-order valence-corrected chi connectivity index (χ0v) is 26.7. The lowest BCUT2D eigenvalue weighted by atomic mass is 9.85. The number of morpholine rings is 1. The maximum Gasteiger partial charge on any atom is 0.280 e. The fourth-order valence-electron chi connectivity index (χ4n) is 5.55. The first-order valence-corrected chi connectivity index (χ1v) is 17.0. The second-order valence-electron chi connectivity index (χ2n) is 12.8. The summed E-state index contributed by atoms with van der Waals surface area (Å²) in [4.78, 5) is 21.2. The minimum absolute atomic E-state index is 0.0445. The Morgan fingerprint density at radius 1 is 1.12 bits per heavy atom. The second kappa shape index (κ2) is 13.2. The first kappa shape index (κ1) is 32.0. The number of aromatic nitrogens is 1. The number of amides is 1. The molecule has 3 N–H and O–H groups in total. The summed E-state index contributed by atoms with van der Waals surface area (Å²) in [6, 6.07) is 5.07. The quantitative estimate of drug-likeness (QED) is 0.369. The van der Waals surface area contributed by atoms with Crippen LogP contribution in [0.4, 0.5) is 0 Å². The van der Waals surface area contributed by atoms with E-state index in [2.05, 4.69) is 14.9 Å². The summed E-state index contributed by atoms with van der Waals surface area (Å²) in [7, 11) is -3.89.